The number of nitrogens with zero attached hydrogens (tertiary/aromatic N) is 2. The summed E-state index contributed by atoms with van der Waals surface area (Å²) in [5.74, 6) is 3.75. The van der Waals surface area contributed by atoms with Gasteiger partial charge in [0.2, 0.25) is 0 Å². The molecule has 1 saturated carbocycles. The van der Waals surface area contributed by atoms with Gasteiger partial charge < -0.3 is 10.6 Å². The van der Waals surface area contributed by atoms with Gasteiger partial charge in [-0.2, -0.15) is 11.8 Å². The minimum Gasteiger partial charge on any atom is -0.370 e. The van der Waals surface area contributed by atoms with Gasteiger partial charge in [-0.15, -0.1) is 0 Å². The van der Waals surface area contributed by atoms with E-state index in [2.05, 4.69) is 45.1 Å². The van der Waals surface area contributed by atoms with Crippen LogP contribution in [0.25, 0.3) is 0 Å². The van der Waals surface area contributed by atoms with Crippen LogP contribution in [0.15, 0.2) is 33.7 Å². The Bertz CT molecular complexity index is 476. The highest BCUT2D eigenvalue weighted by Gasteiger charge is 2.30. The lowest BCUT2D eigenvalue weighted by Gasteiger charge is -2.35. The third-order valence-corrected chi connectivity index (χ3v) is 5.58. The van der Waals surface area contributed by atoms with Gasteiger partial charge in [0.05, 0.1) is 6.04 Å². The van der Waals surface area contributed by atoms with E-state index in [0.717, 1.165) is 36.4 Å². The highest BCUT2D eigenvalue weighted by atomic mass is 79.9. The molecule has 1 heterocycles. The number of benzene rings is 1. The summed E-state index contributed by atoms with van der Waals surface area (Å²) in [7, 11) is 0. The lowest BCUT2D eigenvalue weighted by molar-refractivity contribution is 0.345. The number of hydrogen-bond donors (Lipinski definition) is 1. The maximum Gasteiger partial charge on any atom is 0.191 e. The molecular formula is C15H20BrN3S. The number of rotatable bonds is 2. The molecular weight excluding hydrogens is 334 g/mol. The predicted molar refractivity (Wildman–Crippen MR) is 90.4 cm³/mol. The van der Waals surface area contributed by atoms with Gasteiger partial charge in [0, 0.05) is 29.1 Å². The van der Waals surface area contributed by atoms with Crippen LogP contribution in [0.3, 0.4) is 0 Å². The molecule has 1 aliphatic carbocycles. The molecule has 3 nitrogen and oxygen atoms in total. The second-order valence-corrected chi connectivity index (χ2v) is 7.60. The van der Waals surface area contributed by atoms with Gasteiger partial charge in [-0.05, 0) is 36.5 Å². The van der Waals surface area contributed by atoms with E-state index in [9.17, 15) is 0 Å². The van der Waals surface area contributed by atoms with Crippen LogP contribution in [0, 0.1) is 0 Å². The van der Waals surface area contributed by atoms with E-state index in [0.29, 0.717) is 12.0 Å². The average Bonchev–Trinajstić information content (AvgIpc) is 2.44. The maximum atomic E-state index is 6.12. The molecule has 108 valence electrons. The maximum absolute atomic E-state index is 6.12. The summed E-state index contributed by atoms with van der Waals surface area (Å²) in [6.07, 6.45) is 2.26. The molecule has 0 aromatic heterocycles. The van der Waals surface area contributed by atoms with E-state index in [1.165, 1.54) is 17.1 Å². The van der Waals surface area contributed by atoms with Crippen LogP contribution in [-0.2, 0) is 0 Å². The molecule has 2 aliphatic rings. The van der Waals surface area contributed by atoms with Gasteiger partial charge >= 0.3 is 0 Å². The normalized spacial score (nSPS) is 27.2. The van der Waals surface area contributed by atoms with Crippen molar-refractivity contribution in [3.8, 4) is 0 Å². The summed E-state index contributed by atoms with van der Waals surface area (Å²) in [5.41, 5.74) is 7.55. The smallest absolute Gasteiger partial charge is 0.191 e. The Morgan fingerprint density at radius 1 is 1.20 bits per heavy atom. The zero-order valence-electron chi connectivity index (χ0n) is 11.5. The van der Waals surface area contributed by atoms with Crippen LogP contribution in [-0.4, -0.2) is 41.5 Å². The largest absolute Gasteiger partial charge is 0.370 e. The third-order valence-electron chi connectivity index (χ3n) is 4.10. The zero-order valence-corrected chi connectivity index (χ0v) is 13.9. The summed E-state index contributed by atoms with van der Waals surface area (Å²) in [6.45, 7) is 2.09. The molecule has 20 heavy (non-hydrogen) atoms. The van der Waals surface area contributed by atoms with E-state index < -0.39 is 0 Å². The molecule has 0 amide bonds. The topological polar surface area (TPSA) is 41.6 Å². The minimum absolute atomic E-state index is 0.415. The highest BCUT2D eigenvalue weighted by Crippen LogP contribution is 2.39. The second kappa shape index (κ2) is 6.39. The van der Waals surface area contributed by atoms with Crippen molar-refractivity contribution in [2.45, 2.75) is 24.8 Å². The SMILES string of the molecule is NC(=NC1CC(c2ccc(Br)cc2)C1)N1CCSCC1. The Kier molecular flexibility index (Phi) is 4.56. The van der Waals surface area contributed by atoms with Crippen molar-refractivity contribution in [2.75, 3.05) is 24.6 Å². The first kappa shape index (κ1) is 14.3. The van der Waals surface area contributed by atoms with Crippen molar-refractivity contribution in [1.29, 1.82) is 0 Å². The van der Waals surface area contributed by atoms with Gasteiger partial charge in [0.25, 0.3) is 0 Å². The molecule has 3 rings (SSSR count). The molecule has 5 heteroatoms. The Labute approximate surface area is 133 Å². The van der Waals surface area contributed by atoms with E-state index in [-0.39, 0.29) is 0 Å². The van der Waals surface area contributed by atoms with Gasteiger partial charge in [0.1, 0.15) is 0 Å². The van der Waals surface area contributed by atoms with Crippen LogP contribution >= 0.6 is 27.7 Å². The highest BCUT2D eigenvalue weighted by molar-refractivity contribution is 9.10. The fourth-order valence-electron chi connectivity index (χ4n) is 2.76. The van der Waals surface area contributed by atoms with Crippen LogP contribution in [0.4, 0.5) is 0 Å². The minimum atomic E-state index is 0.415. The molecule has 2 N–H and O–H groups in total. The molecule has 2 fully saturated rings. The molecule has 0 radical (unpaired) electrons. The Morgan fingerprint density at radius 3 is 2.50 bits per heavy atom. The Morgan fingerprint density at radius 2 is 1.85 bits per heavy atom. The van der Waals surface area contributed by atoms with E-state index in [1.54, 1.807) is 0 Å². The fourth-order valence-corrected chi connectivity index (χ4v) is 3.93. The number of aliphatic imine (C=N–C) groups is 1. The number of hydrogen-bond acceptors (Lipinski definition) is 2. The summed E-state index contributed by atoms with van der Waals surface area (Å²) in [5, 5.41) is 0. The van der Waals surface area contributed by atoms with Crippen molar-refractivity contribution in [2.24, 2.45) is 10.7 Å². The van der Waals surface area contributed by atoms with Crippen LogP contribution in [0.2, 0.25) is 0 Å². The van der Waals surface area contributed by atoms with Crippen molar-refractivity contribution >= 4 is 33.7 Å². The first-order valence-corrected chi connectivity index (χ1v) is 9.08. The van der Waals surface area contributed by atoms with Gasteiger partial charge in [-0.1, -0.05) is 28.1 Å². The molecule has 0 spiro atoms. The molecule has 1 aliphatic heterocycles. The number of guanidine groups is 1. The summed E-state index contributed by atoms with van der Waals surface area (Å²) in [6, 6.07) is 9.06. The van der Waals surface area contributed by atoms with Crippen LogP contribution in [0.1, 0.15) is 24.3 Å². The summed E-state index contributed by atoms with van der Waals surface area (Å²) < 4.78 is 1.14. The molecule has 1 saturated heterocycles. The average molecular weight is 354 g/mol. The lowest BCUT2D eigenvalue weighted by atomic mass is 9.76. The number of nitrogens with two attached hydrogens (primary N) is 1. The van der Waals surface area contributed by atoms with E-state index >= 15 is 0 Å². The molecule has 0 atom stereocenters. The van der Waals surface area contributed by atoms with Crippen molar-refractivity contribution in [3.05, 3.63) is 34.3 Å². The fraction of sp³-hybridized carbons (Fsp3) is 0.533. The second-order valence-electron chi connectivity index (χ2n) is 5.46. The van der Waals surface area contributed by atoms with Crippen molar-refractivity contribution < 1.29 is 0 Å². The van der Waals surface area contributed by atoms with E-state index in [1.807, 2.05) is 11.8 Å². The molecule has 0 unspecified atom stereocenters. The Balaban J connectivity index is 1.53. The summed E-state index contributed by atoms with van der Waals surface area (Å²) in [4.78, 5) is 6.93. The van der Waals surface area contributed by atoms with Crippen LogP contribution in [0.5, 0.6) is 0 Å². The first-order valence-electron chi connectivity index (χ1n) is 7.14. The molecule has 1 aromatic rings. The lowest BCUT2D eigenvalue weighted by Crippen LogP contribution is -2.44. The zero-order chi connectivity index (χ0) is 13.9. The number of thioether (sulfide) groups is 1. The van der Waals surface area contributed by atoms with E-state index in [4.69, 9.17) is 10.7 Å². The van der Waals surface area contributed by atoms with Gasteiger partial charge in [-0.3, -0.25) is 0 Å². The number of halogens is 1. The van der Waals surface area contributed by atoms with Crippen molar-refractivity contribution in [1.82, 2.24) is 4.90 Å². The predicted octanol–water partition coefficient (Wildman–Crippen LogP) is 3.06. The Hall–Kier alpha value is -0.680. The monoisotopic (exact) mass is 353 g/mol. The summed E-state index contributed by atoms with van der Waals surface area (Å²) >= 11 is 5.47. The van der Waals surface area contributed by atoms with Gasteiger partial charge in [-0.25, -0.2) is 4.99 Å². The quantitative estimate of drug-likeness (QED) is 0.656. The third kappa shape index (κ3) is 3.31. The van der Waals surface area contributed by atoms with Gasteiger partial charge in [0.15, 0.2) is 5.96 Å². The molecule has 1 aromatic carbocycles. The standard InChI is InChI=1S/C15H20BrN3S/c16-13-3-1-11(2-4-13)12-9-14(10-12)18-15(17)19-5-7-20-8-6-19/h1-4,12,14H,5-10H2,(H2,17,18). The van der Waals surface area contributed by atoms with Crippen LogP contribution < -0.4 is 5.73 Å². The first-order chi connectivity index (χ1) is 9.72. The molecule has 0 bridgehead atoms. The van der Waals surface area contributed by atoms with Crippen molar-refractivity contribution in [3.63, 3.8) is 0 Å².